The third-order valence-electron chi connectivity index (χ3n) is 3.87. The number of nitrogens with zero attached hydrogens (tertiary/aromatic N) is 2. The summed E-state index contributed by atoms with van der Waals surface area (Å²) in [6.07, 6.45) is 0.856. The summed E-state index contributed by atoms with van der Waals surface area (Å²) in [5.74, 6) is 0. The fraction of sp³-hybridized carbons (Fsp3) is 0.600. The van der Waals surface area contributed by atoms with Crippen molar-refractivity contribution >= 4 is 10.0 Å². The number of hydrogen-bond donors (Lipinski definition) is 0. The zero-order valence-corrected chi connectivity index (χ0v) is 13.6. The van der Waals surface area contributed by atoms with Crippen LogP contribution in [0.4, 0.5) is 0 Å². The van der Waals surface area contributed by atoms with Crippen LogP contribution in [0.3, 0.4) is 0 Å². The second-order valence-corrected chi connectivity index (χ2v) is 7.26. The van der Waals surface area contributed by atoms with Crippen LogP contribution in [0.15, 0.2) is 29.2 Å². The van der Waals surface area contributed by atoms with Gasteiger partial charge in [-0.05, 0) is 31.5 Å². The Morgan fingerprint density at radius 2 is 1.90 bits per heavy atom. The molecule has 0 spiro atoms. The van der Waals surface area contributed by atoms with Crippen LogP contribution >= 0.6 is 0 Å². The van der Waals surface area contributed by atoms with Crippen LogP contribution in [0.5, 0.6) is 0 Å². The van der Waals surface area contributed by atoms with E-state index in [0.29, 0.717) is 24.6 Å². The molecule has 1 fully saturated rings. The molecule has 1 aromatic carbocycles. The summed E-state index contributed by atoms with van der Waals surface area (Å²) in [5.41, 5.74) is 0.804. The van der Waals surface area contributed by atoms with Gasteiger partial charge >= 0.3 is 0 Å². The molecule has 6 heteroatoms. The highest BCUT2D eigenvalue weighted by atomic mass is 32.2. The molecule has 118 valence electrons. The predicted molar refractivity (Wildman–Crippen MR) is 82.9 cm³/mol. The standard InChI is InChI=1S/C15H24N2O3S/c1-14-6-3-4-7-15(14)21(18,19)17-9-5-8-16(10-11-17)12-13-20-2/h3-4,6-7H,5,8-13H2,1-2H3. The van der Waals surface area contributed by atoms with Gasteiger partial charge in [0.25, 0.3) is 0 Å². The van der Waals surface area contributed by atoms with E-state index in [4.69, 9.17) is 4.74 Å². The quantitative estimate of drug-likeness (QED) is 0.823. The number of benzene rings is 1. The van der Waals surface area contributed by atoms with Gasteiger partial charge in [-0.3, -0.25) is 4.90 Å². The Bertz CT molecular complexity index is 560. The molecule has 0 N–H and O–H groups in total. The summed E-state index contributed by atoms with van der Waals surface area (Å²) in [7, 11) is -1.70. The van der Waals surface area contributed by atoms with Crippen molar-refractivity contribution in [3.8, 4) is 0 Å². The van der Waals surface area contributed by atoms with Crippen molar-refractivity contribution in [1.82, 2.24) is 9.21 Å². The summed E-state index contributed by atoms with van der Waals surface area (Å²) >= 11 is 0. The molecule has 0 aliphatic carbocycles. The van der Waals surface area contributed by atoms with E-state index in [2.05, 4.69) is 4.90 Å². The van der Waals surface area contributed by atoms with Gasteiger partial charge < -0.3 is 4.74 Å². The Morgan fingerprint density at radius 1 is 1.14 bits per heavy atom. The Hall–Kier alpha value is -0.950. The topological polar surface area (TPSA) is 49.9 Å². The summed E-state index contributed by atoms with van der Waals surface area (Å²) in [5, 5.41) is 0. The Morgan fingerprint density at radius 3 is 2.62 bits per heavy atom. The van der Waals surface area contributed by atoms with Crippen molar-refractivity contribution in [1.29, 1.82) is 0 Å². The molecule has 0 aromatic heterocycles. The van der Waals surface area contributed by atoms with E-state index < -0.39 is 10.0 Å². The SMILES string of the molecule is COCCN1CCCN(S(=O)(=O)c2ccccc2C)CC1. The van der Waals surface area contributed by atoms with Crippen molar-refractivity contribution < 1.29 is 13.2 Å². The fourth-order valence-corrected chi connectivity index (χ4v) is 4.31. The first-order chi connectivity index (χ1) is 10.1. The molecule has 2 rings (SSSR count). The van der Waals surface area contributed by atoms with Crippen molar-refractivity contribution in [2.75, 3.05) is 46.4 Å². The molecular weight excluding hydrogens is 288 g/mol. The number of methoxy groups -OCH3 is 1. The summed E-state index contributed by atoms with van der Waals surface area (Å²) in [6.45, 7) is 6.19. The highest BCUT2D eigenvalue weighted by molar-refractivity contribution is 7.89. The van der Waals surface area contributed by atoms with Crippen LogP contribution in [0.1, 0.15) is 12.0 Å². The zero-order valence-electron chi connectivity index (χ0n) is 12.8. The van der Waals surface area contributed by atoms with Crippen molar-refractivity contribution in [3.05, 3.63) is 29.8 Å². The summed E-state index contributed by atoms with van der Waals surface area (Å²) in [6, 6.07) is 7.18. The van der Waals surface area contributed by atoms with E-state index in [1.165, 1.54) is 0 Å². The monoisotopic (exact) mass is 312 g/mol. The molecule has 0 bridgehead atoms. The molecule has 1 saturated heterocycles. The minimum absolute atomic E-state index is 0.426. The molecule has 0 radical (unpaired) electrons. The van der Waals surface area contributed by atoms with Gasteiger partial charge in [-0.1, -0.05) is 18.2 Å². The lowest BCUT2D eigenvalue weighted by Crippen LogP contribution is -2.36. The average molecular weight is 312 g/mol. The molecule has 0 amide bonds. The first kappa shape index (κ1) is 16.4. The summed E-state index contributed by atoms with van der Waals surface area (Å²) < 4.78 is 32.2. The van der Waals surface area contributed by atoms with Crippen LogP contribution < -0.4 is 0 Å². The summed E-state index contributed by atoms with van der Waals surface area (Å²) in [4.78, 5) is 2.69. The van der Waals surface area contributed by atoms with E-state index in [-0.39, 0.29) is 0 Å². The molecule has 0 unspecified atom stereocenters. The lowest BCUT2D eigenvalue weighted by molar-refractivity contribution is 0.151. The minimum Gasteiger partial charge on any atom is -0.383 e. The van der Waals surface area contributed by atoms with Crippen LogP contribution in [-0.4, -0.2) is 64.1 Å². The fourth-order valence-electron chi connectivity index (χ4n) is 2.62. The highest BCUT2D eigenvalue weighted by Crippen LogP contribution is 2.20. The van der Waals surface area contributed by atoms with Gasteiger partial charge in [-0.2, -0.15) is 4.31 Å². The van der Waals surface area contributed by atoms with Crippen LogP contribution in [0, 0.1) is 6.92 Å². The van der Waals surface area contributed by atoms with Crippen molar-refractivity contribution in [3.63, 3.8) is 0 Å². The molecule has 0 atom stereocenters. The van der Waals surface area contributed by atoms with Crippen molar-refractivity contribution in [2.45, 2.75) is 18.2 Å². The first-order valence-electron chi connectivity index (χ1n) is 7.33. The molecule has 5 nitrogen and oxygen atoms in total. The molecular formula is C15H24N2O3S. The lowest BCUT2D eigenvalue weighted by Gasteiger charge is -2.22. The van der Waals surface area contributed by atoms with E-state index >= 15 is 0 Å². The number of hydrogen-bond acceptors (Lipinski definition) is 4. The largest absolute Gasteiger partial charge is 0.383 e. The molecule has 1 heterocycles. The first-order valence-corrected chi connectivity index (χ1v) is 8.77. The van der Waals surface area contributed by atoms with Gasteiger partial charge in [0, 0.05) is 33.3 Å². The van der Waals surface area contributed by atoms with Crippen LogP contribution in [-0.2, 0) is 14.8 Å². The second-order valence-electron chi connectivity index (χ2n) is 5.36. The zero-order chi connectivity index (χ0) is 15.3. The minimum atomic E-state index is -3.38. The molecule has 21 heavy (non-hydrogen) atoms. The van der Waals surface area contributed by atoms with Gasteiger partial charge in [-0.25, -0.2) is 8.42 Å². The average Bonchev–Trinajstić information content (AvgIpc) is 2.71. The number of aryl methyl sites for hydroxylation is 1. The van der Waals surface area contributed by atoms with E-state index in [1.807, 2.05) is 19.1 Å². The number of rotatable bonds is 5. The van der Waals surface area contributed by atoms with E-state index in [0.717, 1.165) is 31.6 Å². The Balaban J connectivity index is 2.09. The van der Waals surface area contributed by atoms with Gasteiger partial charge in [-0.15, -0.1) is 0 Å². The molecule has 0 saturated carbocycles. The predicted octanol–water partition coefficient (Wildman–Crippen LogP) is 1.34. The third-order valence-corrected chi connectivity index (χ3v) is 5.93. The lowest BCUT2D eigenvalue weighted by atomic mass is 10.2. The van der Waals surface area contributed by atoms with Crippen molar-refractivity contribution in [2.24, 2.45) is 0 Å². The second kappa shape index (κ2) is 7.35. The maximum Gasteiger partial charge on any atom is 0.243 e. The third kappa shape index (κ3) is 4.03. The molecule has 1 aliphatic rings. The normalized spacial score (nSPS) is 18.6. The number of ether oxygens (including phenoxy) is 1. The van der Waals surface area contributed by atoms with Gasteiger partial charge in [0.1, 0.15) is 0 Å². The van der Waals surface area contributed by atoms with Gasteiger partial charge in [0.05, 0.1) is 11.5 Å². The van der Waals surface area contributed by atoms with Gasteiger partial charge in [0.2, 0.25) is 10.0 Å². The van der Waals surface area contributed by atoms with Crippen LogP contribution in [0.2, 0.25) is 0 Å². The van der Waals surface area contributed by atoms with E-state index in [1.54, 1.807) is 23.5 Å². The smallest absolute Gasteiger partial charge is 0.243 e. The Labute approximate surface area is 127 Å². The molecule has 1 aromatic rings. The van der Waals surface area contributed by atoms with Gasteiger partial charge in [0.15, 0.2) is 0 Å². The highest BCUT2D eigenvalue weighted by Gasteiger charge is 2.27. The maximum atomic E-state index is 12.8. The Kier molecular flexibility index (Phi) is 5.75. The number of sulfonamides is 1. The van der Waals surface area contributed by atoms with E-state index in [9.17, 15) is 8.42 Å². The molecule has 1 aliphatic heterocycles. The maximum absolute atomic E-state index is 12.8. The van der Waals surface area contributed by atoms with Crippen LogP contribution in [0.25, 0.3) is 0 Å².